The minimum absolute atomic E-state index is 0.0903. The Hall–Kier alpha value is -2.80. The molecule has 13 heteroatoms. The van der Waals surface area contributed by atoms with Crippen LogP contribution >= 0.6 is 0 Å². The van der Waals surface area contributed by atoms with Gasteiger partial charge in [0.2, 0.25) is 0 Å². The predicted molar refractivity (Wildman–Crippen MR) is 97.1 cm³/mol. The Kier molecular flexibility index (Phi) is 5.69. The maximum atomic E-state index is 14.3. The molecule has 2 aromatic rings. The highest BCUT2D eigenvalue weighted by molar-refractivity contribution is 7.96. The van der Waals surface area contributed by atoms with Gasteiger partial charge in [0.1, 0.15) is 11.9 Å². The molecule has 1 aromatic heterocycles. The van der Waals surface area contributed by atoms with Gasteiger partial charge in [0, 0.05) is 12.8 Å². The van der Waals surface area contributed by atoms with Crippen LogP contribution in [-0.2, 0) is 9.84 Å². The number of aliphatic hydroxyl groups is 1. The number of allylic oxidation sites excluding steroid dienone is 3. The molecule has 0 saturated carbocycles. The highest BCUT2D eigenvalue weighted by Gasteiger charge is 2.50. The molecule has 168 valence electrons. The third-order valence-electron chi connectivity index (χ3n) is 4.49. The molecule has 0 aliphatic heterocycles. The van der Waals surface area contributed by atoms with Gasteiger partial charge in [-0.25, -0.2) is 21.6 Å². The van der Waals surface area contributed by atoms with E-state index in [9.17, 15) is 39.9 Å². The van der Waals surface area contributed by atoms with Crippen molar-refractivity contribution in [2.24, 2.45) is 0 Å². The molecule has 1 heterocycles. The third kappa shape index (κ3) is 4.32. The first-order valence-corrected chi connectivity index (χ1v) is 9.98. The summed E-state index contributed by atoms with van der Waals surface area (Å²) in [6, 6.07) is 2.29. The molecule has 0 fully saturated rings. The highest BCUT2D eigenvalue weighted by atomic mass is 32.2. The zero-order valence-corrected chi connectivity index (χ0v) is 16.2. The molecular formula is C18H14F6N2O4S. The van der Waals surface area contributed by atoms with Crippen LogP contribution in [0.5, 0.6) is 5.75 Å². The van der Waals surface area contributed by atoms with Crippen molar-refractivity contribution in [3.05, 3.63) is 59.1 Å². The lowest BCUT2D eigenvalue weighted by atomic mass is 10.0. The number of halogens is 6. The SMILES string of the molecule is C=C1CC(F)(F)C(O)C/C(S(=O)(=O)C(F)(F)F)=C\C=C/1Oc1c(F)ccc2[nH]ncc12. The topological polar surface area (TPSA) is 92.3 Å². The zero-order valence-electron chi connectivity index (χ0n) is 15.4. The third-order valence-corrected chi connectivity index (χ3v) is 6.09. The average molecular weight is 468 g/mol. The Morgan fingerprint density at radius 2 is 1.94 bits per heavy atom. The number of ether oxygens (including phenoxy) is 1. The van der Waals surface area contributed by atoms with E-state index in [1.165, 1.54) is 12.3 Å². The van der Waals surface area contributed by atoms with Gasteiger partial charge in [-0.3, -0.25) is 5.10 Å². The van der Waals surface area contributed by atoms with Gasteiger partial charge in [0.25, 0.3) is 15.8 Å². The molecule has 0 spiro atoms. The lowest BCUT2D eigenvalue weighted by molar-refractivity contribution is -0.105. The lowest BCUT2D eigenvalue weighted by Crippen LogP contribution is -2.36. The molecule has 6 nitrogen and oxygen atoms in total. The molecule has 31 heavy (non-hydrogen) atoms. The van der Waals surface area contributed by atoms with E-state index in [0.717, 1.165) is 6.07 Å². The minimum Gasteiger partial charge on any atom is -0.453 e. The lowest BCUT2D eigenvalue weighted by Gasteiger charge is -2.24. The van der Waals surface area contributed by atoms with Gasteiger partial charge in [0.15, 0.2) is 11.6 Å². The van der Waals surface area contributed by atoms with Gasteiger partial charge in [-0.1, -0.05) is 6.58 Å². The van der Waals surface area contributed by atoms with Crippen LogP contribution in [0.2, 0.25) is 0 Å². The Labute approximate surface area is 171 Å². The largest absolute Gasteiger partial charge is 0.501 e. The first kappa shape index (κ1) is 22.9. The van der Waals surface area contributed by atoms with E-state index >= 15 is 0 Å². The second-order valence-corrected chi connectivity index (χ2v) is 8.68. The number of aliphatic hydroxyl groups excluding tert-OH is 1. The van der Waals surface area contributed by atoms with Crippen molar-refractivity contribution in [3.8, 4) is 5.75 Å². The number of rotatable bonds is 3. The quantitative estimate of drug-likeness (QED) is 0.661. The highest BCUT2D eigenvalue weighted by Crippen LogP contribution is 2.39. The molecule has 3 rings (SSSR count). The first-order chi connectivity index (χ1) is 14.2. The number of nitrogens with one attached hydrogen (secondary N) is 1. The first-order valence-electron chi connectivity index (χ1n) is 8.49. The van der Waals surface area contributed by atoms with Gasteiger partial charge in [-0.2, -0.15) is 18.3 Å². The van der Waals surface area contributed by atoms with E-state index in [2.05, 4.69) is 16.8 Å². The summed E-state index contributed by atoms with van der Waals surface area (Å²) < 4.78 is 111. The van der Waals surface area contributed by atoms with Crippen molar-refractivity contribution in [2.45, 2.75) is 30.4 Å². The van der Waals surface area contributed by atoms with Gasteiger partial charge in [0.05, 0.1) is 22.0 Å². The molecule has 2 N–H and O–H groups in total. The maximum absolute atomic E-state index is 14.3. The summed E-state index contributed by atoms with van der Waals surface area (Å²) in [6.07, 6.45) is -3.34. The Bertz CT molecular complexity index is 1200. The summed E-state index contributed by atoms with van der Waals surface area (Å²) in [5.74, 6) is -6.10. The Morgan fingerprint density at radius 1 is 1.26 bits per heavy atom. The smallest absolute Gasteiger partial charge is 0.453 e. The van der Waals surface area contributed by atoms with E-state index < -0.39 is 68.0 Å². The van der Waals surface area contributed by atoms with Crippen molar-refractivity contribution >= 4 is 20.7 Å². The normalized spacial score (nSPS) is 23.8. The maximum Gasteiger partial charge on any atom is 0.501 e. The standard InChI is InChI=1S/C18H14F6N2O4S/c1-9-7-17(20,21)15(27)6-10(31(28,29)18(22,23)24)2-5-14(9)30-16-11-8-25-26-13(11)4-3-12(16)19/h2-5,8,15,27H,1,6-7H2,(H,25,26)/b10-2+,14-5+. The van der Waals surface area contributed by atoms with Crippen LogP contribution in [0.4, 0.5) is 26.3 Å². The molecular weight excluding hydrogens is 454 g/mol. The fraction of sp³-hybridized carbons (Fsp3) is 0.278. The van der Waals surface area contributed by atoms with Crippen molar-refractivity contribution in [1.82, 2.24) is 10.2 Å². The number of nitrogens with zero attached hydrogens (tertiary/aromatic N) is 1. The average Bonchev–Trinajstić information content (AvgIpc) is 3.12. The number of sulfone groups is 1. The number of benzene rings is 1. The monoisotopic (exact) mass is 468 g/mol. The molecule has 0 saturated heterocycles. The molecule has 1 aliphatic rings. The van der Waals surface area contributed by atoms with Crippen LogP contribution in [0.1, 0.15) is 12.8 Å². The number of hydrogen-bond donors (Lipinski definition) is 2. The van der Waals surface area contributed by atoms with Crippen LogP contribution in [0, 0.1) is 5.82 Å². The fourth-order valence-corrected chi connectivity index (χ4v) is 3.74. The predicted octanol–water partition coefficient (Wildman–Crippen LogP) is 4.13. The van der Waals surface area contributed by atoms with Crippen molar-refractivity contribution < 1.29 is 44.6 Å². The molecule has 0 radical (unpaired) electrons. The molecule has 0 bridgehead atoms. The fourth-order valence-electron chi connectivity index (χ4n) is 2.82. The summed E-state index contributed by atoms with van der Waals surface area (Å²) in [5, 5.41) is 16.0. The number of alkyl halides is 5. The molecule has 1 aliphatic carbocycles. The van der Waals surface area contributed by atoms with E-state index in [0.29, 0.717) is 17.7 Å². The Balaban J connectivity index is 2.14. The number of aromatic nitrogens is 2. The van der Waals surface area contributed by atoms with Gasteiger partial charge < -0.3 is 9.84 Å². The molecule has 0 amide bonds. The van der Waals surface area contributed by atoms with Crippen LogP contribution in [0.3, 0.4) is 0 Å². The second kappa shape index (κ2) is 7.71. The summed E-state index contributed by atoms with van der Waals surface area (Å²) in [5.41, 5.74) is -5.99. The van der Waals surface area contributed by atoms with Crippen LogP contribution in [-0.4, -0.2) is 41.3 Å². The van der Waals surface area contributed by atoms with Crippen LogP contribution in [0.25, 0.3) is 10.9 Å². The molecule has 1 unspecified atom stereocenters. The van der Waals surface area contributed by atoms with E-state index in [1.54, 1.807) is 0 Å². The van der Waals surface area contributed by atoms with Crippen LogP contribution < -0.4 is 4.74 Å². The number of hydrogen-bond acceptors (Lipinski definition) is 5. The Morgan fingerprint density at radius 3 is 2.58 bits per heavy atom. The summed E-state index contributed by atoms with van der Waals surface area (Å²) >= 11 is 0. The summed E-state index contributed by atoms with van der Waals surface area (Å²) in [7, 11) is -6.04. The van der Waals surface area contributed by atoms with Crippen molar-refractivity contribution in [2.75, 3.05) is 0 Å². The zero-order chi connectivity index (χ0) is 23.2. The number of aromatic amines is 1. The van der Waals surface area contributed by atoms with Gasteiger partial charge in [-0.05, 0) is 29.9 Å². The number of H-pyrrole nitrogens is 1. The second-order valence-electron chi connectivity index (χ2n) is 6.68. The van der Waals surface area contributed by atoms with Gasteiger partial charge >= 0.3 is 5.51 Å². The van der Waals surface area contributed by atoms with Crippen molar-refractivity contribution in [3.63, 3.8) is 0 Å². The molecule has 1 atom stereocenters. The summed E-state index contributed by atoms with van der Waals surface area (Å²) in [4.78, 5) is -1.51. The van der Waals surface area contributed by atoms with Gasteiger partial charge in [-0.15, -0.1) is 0 Å². The van der Waals surface area contributed by atoms with E-state index in [1.807, 2.05) is 0 Å². The number of fused-ring (bicyclic) bond motifs is 1. The van der Waals surface area contributed by atoms with E-state index in [4.69, 9.17) is 4.74 Å². The van der Waals surface area contributed by atoms with Crippen LogP contribution in [0.15, 0.2) is 53.3 Å². The minimum atomic E-state index is -6.04. The van der Waals surface area contributed by atoms with E-state index in [-0.39, 0.29) is 5.39 Å². The molecule has 1 aromatic carbocycles. The van der Waals surface area contributed by atoms with Crippen molar-refractivity contribution in [1.29, 1.82) is 0 Å². The summed E-state index contributed by atoms with van der Waals surface area (Å²) in [6.45, 7) is 3.37.